The first-order chi connectivity index (χ1) is 10.5. The van der Waals surface area contributed by atoms with Crippen LogP contribution in [-0.2, 0) is 6.42 Å². The normalized spacial score (nSPS) is 13.2. The van der Waals surface area contributed by atoms with E-state index in [1.165, 1.54) is 11.0 Å². The predicted octanol–water partition coefficient (Wildman–Crippen LogP) is 2.81. The minimum atomic E-state index is -0.417. The molecule has 0 aliphatic carbocycles. The van der Waals surface area contributed by atoms with E-state index in [4.69, 9.17) is 4.74 Å². The van der Waals surface area contributed by atoms with E-state index in [-0.39, 0.29) is 0 Å². The first kappa shape index (κ1) is 14.8. The van der Waals surface area contributed by atoms with Gasteiger partial charge in [-0.25, -0.2) is 4.79 Å². The van der Waals surface area contributed by atoms with Crippen LogP contribution in [0.15, 0.2) is 33.9 Å². The summed E-state index contributed by atoms with van der Waals surface area (Å²) in [6.07, 6.45) is 3.83. The second kappa shape index (κ2) is 5.92. The van der Waals surface area contributed by atoms with Gasteiger partial charge in [0.2, 0.25) is 0 Å². The molecule has 2 heterocycles. The minimum Gasteiger partial charge on any atom is -0.493 e. The average Bonchev–Trinajstić information content (AvgIpc) is 2.83. The lowest BCUT2D eigenvalue weighted by atomic mass is 10.1. The number of rotatable bonds is 1. The van der Waals surface area contributed by atoms with Gasteiger partial charge >= 0.3 is 6.03 Å². The fourth-order valence-corrected chi connectivity index (χ4v) is 2.60. The molecule has 1 amide bonds. The lowest BCUT2D eigenvalue weighted by molar-refractivity contribution is 0.247. The van der Waals surface area contributed by atoms with Gasteiger partial charge in [-0.2, -0.15) is 14.8 Å². The first-order valence-electron chi connectivity index (χ1n) is 6.81. The van der Waals surface area contributed by atoms with E-state index in [0.717, 1.165) is 27.0 Å². The number of fused-ring (bicyclic) bond motifs is 3. The number of hydrogen-bond acceptors (Lipinski definition) is 3. The Bertz CT molecular complexity index is 752. The monoisotopic (exact) mass is 362 g/mol. The van der Waals surface area contributed by atoms with Crippen molar-refractivity contribution in [3.05, 3.63) is 34.6 Å². The summed E-state index contributed by atoms with van der Waals surface area (Å²) in [5, 5.41) is 4.36. The number of aliphatic imine (C=N–C) groups is 1. The Morgan fingerprint density at radius 2 is 2.27 bits per heavy atom. The standard InChI is InChI=1S/C15H15BrN4O2/c1-19(2)9-17-15(21)20-8-12-11-7-10(16)3-4-14(11)22-6-5-13(12)18-20/h3-4,7-9H,5-6H2,1-2H3. The molecule has 3 rings (SSSR count). The van der Waals surface area contributed by atoms with Crippen LogP contribution in [0.2, 0.25) is 0 Å². The molecule has 0 unspecified atom stereocenters. The summed E-state index contributed by atoms with van der Waals surface area (Å²) in [6.45, 7) is 0.536. The fourth-order valence-electron chi connectivity index (χ4n) is 2.24. The van der Waals surface area contributed by atoms with Crippen molar-refractivity contribution < 1.29 is 9.53 Å². The smallest absolute Gasteiger partial charge is 0.369 e. The Balaban J connectivity index is 2.02. The Morgan fingerprint density at radius 3 is 3.05 bits per heavy atom. The molecule has 1 aromatic carbocycles. The molecule has 0 bridgehead atoms. The van der Waals surface area contributed by atoms with Crippen LogP contribution < -0.4 is 4.74 Å². The van der Waals surface area contributed by atoms with Gasteiger partial charge in [0, 0.05) is 42.3 Å². The largest absolute Gasteiger partial charge is 0.493 e. The van der Waals surface area contributed by atoms with Crippen LogP contribution in [-0.4, -0.2) is 47.8 Å². The second-order valence-electron chi connectivity index (χ2n) is 5.16. The van der Waals surface area contributed by atoms with E-state index >= 15 is 0 Å². The molecular weight excluding hydrogens is 348 g/mol. The average molecular weight is 363 g/mol. The maximum absolute atomic E-state index is 12.1. The molecule has 22 heavy (non-hydrogen) atoms. The van der Waals surface area contributed by atoms with Crippen molar-refractivity contribution >= 4 is 28.3 Å². The Labute approximate surface area is 136 Å². The first-order valence-corrected chi connectivity index (χ1v) is 7.60. The van der Waals surface area contributed by atoms with Crippen LogP contribution >= 0.6 is 15.9 Å². The van der Waals surface area contributed by atoms with Crippen LogP contribution in [0.4, 0.5) is 4.79 Å². The maximum atomic E-state index is 12.1. The molecule has 0 radical (unpaired) electrons. The molecule has 0 saturated carbocycles. The van der Waals surface area contributed by atoms with Crippen LogP contribution in [0.1, 0.15) is 5.69 Å². The highest BCUT2D eigenvalue weighted by molar-refractivity contribution is 9.10. The number of hydrogen-bond donors (Lipinski definition) is 0. The third-order valence-corrected chi connectivity index (χ3v) is 3.71. The molecule has 0 atom stereocenters. The quantitative estimate of drug-likeness (QED) is 0.578. The van der Waals surface area contributed by atoms with E-state index in [0.29, 0.717) is 13.0 Å². The number of carbonyl (C=O) groups excluding carboxylic acids is 1. The number of ether oxygens (including phenoxy) is 1. The molecule has 1 aromatic heterocycles. The third-order valence-electron chi connectivity index (χ3n) is 3.21. The molecule has 1 aliphatic rings. The molecule has 114 valence electrons. The Hall–Kier alpha value is -2.15. The zero-order valence-corrected chi connectivity index (χ0v) is 13.9. The predicted molar refractivity (Wildman–Crippen MR) is 87.5 cm³/mol. The molecule has 6 nitrogen and oxygen atoms in total. The highest BCUT2D eigenvalue weighted by atomic mass is 79.9. The zero-order chi connectivity index (χ0) is 15.7. The van der Waals surface area contributed by atoms with Crippen LogP contribution in [0, 0.1) is 0 Å². The molecule has 0 saturated heterocycles. The van der Waals surface area contributed by atoms with Gasteiger partial charge in [0.05, 0.1) is 18.6 Å². The molecule has 0 N–H and O–H groups in total. The summed E-state index contributed by atoms with van der Waals surface area (Å²) in [6, 6.07) is 5.40. The maximum Gasteiger partial charge on any atom is 0.369 e. The van der Waals surface area contributed by atoms with Gasteiger partial charge in [-0.3, -0.25) is 0 Å². The van der Waals surface area contributed by atoms with Crippen molar-refractivity contribution in [1.29, 1.82) is 0 Å². The highest BCUT2D eigenvalue weighted by Crippen LogP contribution is 2.36. The molecule has 1 aliphatic heterocycles. The number of aromatic nitrogens is 2. The summed E-state index contributed by atoms with van der Waals surface area (Å²) in [4.78, 5) is 17.6. The van der Waals surface area contributed by atoms with Gasteiger partial charge < -0.3 is 9.64 Å². The summed E-state index contributed by atoms with van der Waals surface area (Å²) < 4.78 is 7.96. The number of amides is 1. The van der Waals surface area contributed by atoms with E-state index in [1.807, 2.05) is 18.2 Å². The van der Waals surface area contributed by atoms with Gasteiger partial charge in [-0.1, -0.05) is 15.9 Å². The van der Waals surface area contributed by atoms with Crippen molar-refractivity contribution in [1.82, 2.24) is 14.7 Å². The van der Waals surface area contributed by atoms with Crippen LogP contribution in [0.25, 0.3) is 11.1 Å². The molecule has 7 heteroatoms. The Morgan fingerprint density at radius 1 is 1.45 bits per heavy atom. The van der Waals surface area contributed by atoms with Crippen molar-refractivity contribution in [3.8, 4) is 16.9 Å². The lowest BCUT2D eigenvalue weighted by Crippen LogP contribution is -2.13. The van der Waals surface area contributed by atoms with E-state index in [1.54, 1.807) is 25.2 Å². The van der Waals surface area contributed by atoms with Gasteiger partial charge in [0.25, 0.3) is 0 Å². The summed E-state index contributed by atoms with van der Waals surface area (Å²) in [5.41, 5.74) is 2.67. The third kappa shape index (κ3) is 2.89. The van der Waals surface area contributed by atoms with Crippen molar-refractivity contribution in [2.45, 2.75) is 6.42 Å². The van der Waals surface area contributed by atoms with E-state index in [9.17, 15) is 4.79 Å². The van der Waals surface area contributed by atoms with E-state index < -0.39 is 6.03 Å². The van der Waals surface area contributed by atoms with Gasteiger partial charge in [0.1, 0.15) is 5.75 Å². The van der Waals surface area contributed by atoms with Crippen molar-refractivity contribution in [2.24, 2.45) is 4.99 Å². The lowest BCUT2D eigenvalue weighted by Gasteiger charge is -2.07. The second-order valence-corrected chi connectivity index (χ2v) is 6.08. The van der Waals surface area contributed by atoms with Crippen molar-refractivity contribution in [3.63, 3.8) is 0 Å². The minimum absolute atomic E-state index is 0.417. The van der Waals surface area contributed by atoms with Crippen molar-refractivity contribution in [2.75, 3.05) is 20.7 Å². The SMILES string of the molecule is CN(C)C=NC(=O)n1cc2c(n1)CCOc1ccc(Br)cc1-2. The number of halogens is 1. The number of carbonyl (C=O) groups is 1. The number of nitrogens with zero attached hydrogens (tertiary/aromatic N) is 4. The summed E-state index contributed by atoms with van der Waals surface area (Å²) >= 11 is 3.47. The van der Waals surface area contributed by atoms with Gasteiger partial charge in [-0.15, -0.1) is 0 Å². The molecule has 0 spiro atoms. The van der Waals surface area contributed by atoms with E-state index in [2.05, 4.69) is 26.0 Å². The molecular formula is C15H15BrN4O2. The molecule has 2 aromatic rings. The Kier molecular flexibility index (Phi) is 3.98. The topological polar surface area (TPSA) is 59.7 Å². The van der Waals surface area contributed by atoms with Crippen LogP contribution in [0.3, 0.4) is 0 Å². The van der Waals surface area contributed by atoms with Gasteiger partial charge in [-0.05, 0) is 18.2 Å². The highest BCUT2D eigenvalue weighted by Gasteiger charge is 2.20. The zero-order valence-electron chi connectivity index (χ0n) is 12.3. The van der Waals surface area contributed by atoms with Crippen LogP contribution in [0.5, 0.6) is 5.75 Å². The molecule has 0 fully saturated rings. The summed E-state index contributed by atoms with van der Waals surface area (Å²) in [7, 11) is 3.61. The summed E-state index contributed by atoms with van der Waals surface area (Å²) in [5.74, 6) is 0.797. The van der Waals surface area contributed by atoms with Gasteiger partial charge in [0.15, 0.2) is 0 Å². The fraction of sp³-hybridized carbons (Fsp3) is 0.267. The number of benzene rings is 1.